The van der Waals surface area contributed by atoms with Gasteiger partial charge < -0.3 is 14.8 Å². The second-order valence-electron chi connectivity index (χ2n) is 6.89. The van der Waals surface area contributed by atoms with E-state index in [1.165, 1.54) is 25.7 Å². The van der Waals surface area contributed by atoms with E-state index in [1.807, 2.05) is 0 Å². The standard InChI is InChI=1S/C17H27N5/c1-12(2)22-10-9-15-16(22)17(19-11-18-15)20-13-5-7-14(8-6-13)21(3)4/h9-14H,5-8H2,1-4H3,(H,18,19,20). The Morgan fingerprint density at radius 2 is 1.91 bits per heavy atom. The van der Waals surface area contributed by atoms with Crippen LogP contribution in [0.2, 0.25) is 0 Å². The van der Waals surface area contributed by atoms with E-state index in [0.717, 1.165) is 22.9 Å². The van der Waals surface area contributed by atoms with Crippen LogP contribution in [0.25, 0.3) is 11.0 Å². The van der Waals surface area contributed by atoms with Gasteiger partial charge in [0.2, 0.25) is 0 Å². The van der Waals surface area contributed by atoms with E-state index in [-0.39, 0.29) is 0 Å². The van der Waals surface area contributed by atoms with Crippen molar-refractivity contribution >= 4 is 16.9 Å². The number of aromatic nitrogens is 3. The molecule has 0 aromatic carbocycles. The van der Waals surface area contributed by atoms with Gasteiger partial charge in [0.25, 0.3) is 0 Å². The van der Waals surface area contributed by atoms with Gasteiger partial charge in [0.15, 0.2) is 5.82 Å². The summed E-state index contributed by atoms with van der Waals surface area (Å²) in [7, 11) is 4.36. The van der Waals surface area contributed by atoms with Crippen molar-refractivity contribution in [2.75, 3.05) is 19.4 Å². The first kappa shape index (κ1) is 15.3. The lowest BCUT2D eigenvalue weighted by atomic mass is 9.90. The van der Waals surface area contributed by atoms with Crippen molar-refractivity contribution in [2.45, 2.75) is 57.7 Å². The Kier molecular flexibility index (Phi) is 4.34. The fraction of sp³-hybridized carbons (Fsp3) is 0.647. The fourth-order valence-corrected chi connectivity index (χ4v) is 3.46. The predicted octanol–water partition coefficient (Wildman–Crippen LogP) is 3.30. The Bertz CT molecular complexity index is 623. The van der Waals surface area contributed by atoms with E-state index in [2.05, 4.69) is 65.0 Å². The summed E-state index contributed by atoms with van der Waals surface area (Å²) in [6, 6.07) is 3.73. The molecule has 0 saturated heterocycles. The highest BCUT2D eigenvalue weighted by atomic mass is 15.1. The predicted molar refractivity (Wildman–Crippen MR) is 91.3 cm³/mol. The number of nitrogens with one attached hydrogen (secondary N) is 1. The molecule has 120 valence electrons. The number of hydrogen-bond donors (Lipinski definition) is 1. The summed E-state index contributed by atoms with van der Waals surface area (Å²) in [6.07, 6.45) is 8.69. The van der Waals surface area contributed by atoms with Crippen LogP contribution in [0.15, 0.2) is 18.6 Å². The van der Waals surface area contributed by atoms with Gasteiger partial charge in [0.1, 0.15) is 11.8 Å². The largest absolute Gasteiger partial charge is 0.365 e. The first-order valence-corrected chi connectivity index (χ1v) is 8.30. The van der Waals surface area contributed by atoms with Gasteiger partial charge in [0.05, 0.1) is 5.52 Å². The van der Waals surface area contributed by atoms with Crippen LogP contribution >= 0.6 is 0 Å². The Hall–Kier alpha value is -1.62. The van der Waals surface area contributed by atoms with Gasteiger partial charge in [-0.15, -0.1) is 0 Å². The summed E-state index contributed by atoms with van der Waals surface area (Å²) in [5.41, 5.74) is 2.15. The topological polar surface area (TPSA) is 46.0 Å². The van der Waals surface area contributed by atoms with E-state index >= 15 is 0 Å². The fourth-order valence-electron chi connectivity index (χ4n) is 3.46. The molecule has 0 atom stereocenters. The van der Waals surface area contributed by atoms with Gasteiger partial charge in [0, 0.05) is 24.3 Å². The van der Waals surface area contributed by atoms with Gasteiger partial charge in [-0.3, -0.25) is 0 Å². The van der Waals surface area contributed by atoms with Gasteiger partial charge >= 0.3 is 0 Å². The summed E-state index contributed by atoms with van der Waals surface area (Å²) in [4.78, 5) is 11.3. The molecule has 0 bridgehead atoms. The Balaban J connectivity index is 1.78. The highest BCUT2D eigenvalue weighted by Gasteiger charge is 2.23. The second-order valence-corrected chi connectivity index (χ2v) is 6.89. The zero-order chi connectivity index (χ0) is 15.7. The number of anilines is 1. The number of nitrogens with zero attached hydrogens (tertiary/aromatic N) is 4. The van der Waals surface area contributed by atoms with Gasteiger partial charge in [-0.05, 0) is 59.7 Å². The molecule has 2 aromatic rings. The van der Waals surface area contributed by atoms with Crippen molar-refractivity contribution in [2.24, 2.45) is 0 Å². The van der Waals surface area contributed by atoms with Crippen molar-refractivity contribution < 1.29 is 0 Å². The zero-order valence-electron chi connectivity index (χ0n) is 14.1. The van der Waals surface area contributed by atoms with E-state index in [4.69, 9.17) is 0 Å². The molecule has 5 nitrogen and oxygen atoms in total. The Morgan fingerprint density at radius 1 is 1.18 bits per heavy atom. The quantitative estimate of drug-likeness (QED) is 0.941. The molecule has 1 saturated carbocycles. The monoisotopic (exact) mass is 301 g/mol. The third-order valence-electron chi connectivity index (χ3n) is 4.83. The average Bonchev–Trinajstić information content (AvgIpc) is 2.93. The summed E-state index contributed by atoms with van der Waals surface area (Å²) in [5.74, 6) is 0.983. The molecule has 0 amide bonds. The molecular formula is C17H27N5. The molecule has 2 heterocycles. The molecule has 1 aliphatic carbocycles. The number of fused-ring (bicyclic) bond motifs is 1. The molecule has 0 unspecified atom stereocenters. The summed E-state index contributed by atoms with van der Waals surface area (Å²) in [6.45, 7) is 4.39. The lowest BCUT2D eigenvalue weighted by Gasteiger charge is -2.33. The average molecular weight is 301 g/mol. The van der Waals surface area contributed by atoms with Gasteiger partial charge in [-0.2, -0.15) is 0 Å². The first-order valence-electron chi connectivity index (χ1n) is 8.30. The molecule has 1 aliphatic rings. The maximum absolute atomic E-state index is 4.52. The highest BCUT2D eigenvalue weighted by Crippen LogP contribution is 2.28. The van der Waals surface area contributed by atoms with Crippen molar-refractivity contribution in [3.63, 3.8) is 0 Å². The summed E-state index contributed by atoms with van der Waals surface area (Å²) in [5, 5.41) is 3.67. The normalized spacial score (nSPS) is 22.6. The number of rotatable bonds is 4. The minimum absolute atomic E-state index is 0.411. The Morgan fingerprint density at radius 3 is 2.55 bits per heavy atom. The molecule has 0 spiro atoms. The third-order valence-corrected chi connectivity index (χ3v) is 4.83. The molecule has 0 radical (unpaired) electrons. The van der Waals surface area contributed by atoms with Crippen LogP contribution in [0.4, 0.5) is 5.82 Å². The van der Waals surface area contributed by atoms with Crippen LogP contribution in [0.3, 0.4) is 0 Å². The molecular weight excluding hydrogens is 274 g/mol. The highest BCUT2D eigenvalue weighted by molar-refractivity contribution is 5.86. The van der Waals surface area contributed by atoms with Crippen molar-refractivity contribution in [1.29, 1.82) is 0 Å². The van der Waals surface area contributed by atoms with Crippen LogP contribution in [-0.2, 0) is 0 Å². The van der Waals surface area contributed by atoms with E-state index in [0.29, 0.717) is 12.1 Å². The van der Waals surface area contributed by atoms with Crippen LogP contribution in [0.1, 0.15) is 45.6 Å². The molecule has 2 aromatic heterocycles. The van der Waals surface area contributed by atoms with Crippen LogP contribution in [0.5, 0.6) is 0 Å². The Labute approximate surface area is 132 Å². The maximum atomic E-state index is 4.52. The van der Waals surface area contributed by atoms with E-state index < -0.39 is 0 Å². The molecule has 0 aliphatic heterocycles. The first-order chi connectivity index (χ1) is 10.6. The van der Waals surface area contributed by atoms with Crippen LogP contribution in [-0.4, -0.2) is 45.6 Å². The van der Waals surface area contributed by atoms with E-state index in [1.54, 1.807) is 6.33 Å². The molecule has 1 N–H and O–H groups in total. The van der Waals surface area contributed by atoms with Gasteiger partial charge in [-0.25, -0.2) is 9.97 Å². The molecule has 3 rings (SSSR count). The maximum Gasteiger partial charge on any atom is 0.154 e. The zero-order valence-corrected chi connectivity index (χ0v) is 14.1. The lowest BCUT2D eigenvalue weighted by molar-refractivity contribution is 0.221. The second kappa shape index (κ2) is 6.24. The molecule has 1 fully saturated rings. The minimum Gasteiger partial charge on any atom is -0.365 e. The van der Waals surface area contributed by atoms with Crippen LogP contribution < -0.4 is 5.32 Å². The van der Waals surface area contributed by atoms with Crippen molar-refractivity contribution in [1.82, 2.24) is 19.4 Å². The lowest BCUT2D eigenvalue weighted by Crippen LogP contribution is -2.36. The number of hydrogen-bond acceptors (Lipinski definition) is 4. The van der Waals surface area contributed by atoms with E-state index in [9.17, 15) is 0 Å². The smallest absolute Gasteiger partial charge is 0.154 e. The summed E-state index contributed by atoms with van der Waals surface area (Å²) >= 11 is 0. The summed E-state index contributed by atoms with van der Waals surface area (Å²) < 4.78 is 2.25. The van der Waals surface area contributed by atoms with Crippen molar-refractivity contribution in [3.05, 3.63) is 18.6 Å². The van der Waals surface area contributed by atoms with Crippen LogP contribution in [0, 0.1) is 0 Å². The molecule has 22 heavy (non-hydrogen) atoms. The SMILES string of the molecule is CC(C)n1ccc2ncnc(NC3CCC(N(C)C)CC3)c21. The third kappa shape index (κ3) is 2.95. The van der Waals surface area contributed by atoms with Gasteiger partial charge in [-0.1, -0.05) is 0 Å². The van der Waals surface area contributed by atoms with Crippen molar-refractivity contribution in [3.8, 4) is 0 Å². The minimum atomic E-state index is 0.411. The molecule has 5 heteroatoms.